The van der Waals surface area contributed by atoms with Gasteiger partial charge in [-0.1, -0.05) is 36.8 Å². The second-order valence-corrected chi connectivity index (χ2v) is 5.33. The monoisotopic (exact) mass is 262 g/mol. The third-order valence-corrected chi connectivity index (χ3v) is 3.95. The summed E-state index contributed by atoms with van der Waals surface area (Å²) in [5.41, 5.74) is 4.61. The number of nitrogens with one attached hydrogen (secondary N) is 1. The highest BCUT2D eigenvalue weighted by Crippen LogP contribution is 2.31. The maximum absolute atomic E-state index is 8.99. The van der Waals surface area contributed by atoms with E-state index in [4.69, 9.17) is 5.26 Å². The lowest BCUT2D eigenvalue weighted by molar-refractivity contribution is 0.644. The van der Waals surface area contributed by atoms with Crippen molar-refractivity contribution in [1.82, 2.24) is 0 Å². The first kappa shape index (κ1) is 12.7. The molecule has 0 spiro atoms. The first-order valence-corrected chi connectivity index (χ1v) is 7.21. The second kappa shape index (κ2) is 5.79. The minimum atomic E-state index is 0.350. The van der Waals surface area contributed by atoms with Crippen LogP contribution in [0, 0.1) is 11.3 Å². The van der Waals surface area contributed by atoms with Crippen LogP contribution in [0.1, 0.15) is 42.0 Å². The molecule has 0 saturated heterocycles. The number of aryl methyl sites for hydroxylation is 1. The Morgan fingerprint density at radius 3 is 2.85 bits per heavy atom. The van der Waals surface area contributed by atoms with Crippen molar-refractivity contribution in [3.05, 3.63) is 65.2 Å². The normalized spacial score (nSPS) is 17.6. The van der Waals surface area contributed by atoms with E-state index in [1.165, 1.54) is 30.4 Å². The summed E-state index contributed by atoms with van der Waals surface area (Å²) in [5.74, 6) is 0. The number of benzene rings is 2. The van der Waals surface area contributed by atoms with Crippen molar-refractivity contribution < 1.29 is 0 Å². The molecule has 20 heavy (non-hydrogen) atoms. The number of fused-ring (bicyclic) bond motifs is 1. The van der Waals surface area contributed by atoms with E-state index in [2.05, 4.69) is 35.7 Å². The van der Waals surface area contributed by atoms with E-state index in [0.29, 0.717) is 11.6 Å². The smallest absolute Gasteiger partial charge is 0.0992 e. The Bertz CT molecular complexity index is 640. The molecule has 2 heteroatoms. The maximum atomic E-state index is 8.99. The van der Waals surface area contributed by atoms with Gasteiger partial charge in [0.2, 0.25) is 0 Å². The Labute approximate surface area is 120 Å². The number of nitrogens with zero attached hydrogens (tertiary/aromatic N) is 1. The van der Waals surface area contributed by atoms with Crippen LogP contribution in [-0.2, 0) is 6.42 Å². The van der Waals surface area contributed by atoms with Gasteiger partial charge < -0.3 is 5.32 Å². The molecule has 0 saturated carbocycles. The zero-order valence-corrected chi connectivity index (χ0v) is 11.5. The van der Waals surface area contributed by atoms with Crippen molar-refractivity contribution in [3.63, 3.8) is 0 Å². The molecule has 2 aromatic carbocycles. The van der Waals surface area contributed by atoms with Gasteiger partial charge in [-0.3, -0.25) is 0 Å². The van der Waals surface area contributed by atoms with E-state index in [1.54, 1.807) is 0 Å². The van der Waals surface area contributed by atoms with Crippen molar-refractivity contribution in [2.75, 3.05) is 5.32 Å². The zero-order chi connectivity index (χ0) is 13.8. The van der Waals surface area contributed by atoms with E-state index in [9.17, 15) is 0 Å². The Kier molecular flexibility index (Phi) is 3.69. The summed E-state index contributed by atoms with van der Waals surface area (Å²) in [6.07, 6.45) is 4.82. The number of anilines is 1. The second-order valence-electron chi connectivity index (χ2n) is 5.33. The number of hydrogen-bond acceptors (Lipinski definition) is 2. The van der Waals surface area contributed by atoms with Crippen molar-refractivity contribution in [2.24, 2.45) is 0 Å². The van der Waals surface area contributed by atoms with Gasteiger partial charge in [0.05, 0.1) is 17.7 Å². The maximum Gasteiger partial charge on any atom is 0.0992 e. The van der Waals surface area contributed by atoms with Crippen LogP contribution < -0.4 is 5.32 Å². The van der Waals surface area contributed by atoms with Crippen molar-refractivity contribution in [3.8, 4) is 6.07 Å². The first-order valence-electron chi connectivity index (χ1n) is 7.21. The highest BCUT2D eigenvalue weighted by Gasteiger charge is 2.17. The average Bonchev–Trinajstić information content (AvgIpc) is 2.70. The van der Waals surface area contributed by atoms with Gasteiger partial charge in [0.1, 0.15) is 0 Å². The van der Waals surface area contributed by atoms with Gasteiger partial charge in [-0.05, 0) is 48.6 Å². The molecule has 0 bridgehead atoms. The van der Waals surface area contributed by atoms with Crippen molar-refractivity contribution >= 4 is 5.69 Å². The van der Waals surface area contributed by atoms with Gasteiger partial charge in [-0.2, -0.15) is 5.26 Å². The van der Waals surface area contributed by atoms with Gasteiger partial charge in [0.15, 0.2) is 0 Å². The molecular formula is C18H18N2. The van der Waals surface area contributed by atoms with Crippen LogP contribution in [0.4, 0.5) is 5.69 Å². The predicted octanol–water partition coefficient (Wildman–Crippen LogP) is 4.44. The lowest BCUT2D eigenvalue weighted by atomic mass is 9.99. The van der Waals surface area contributed by atoms with Gasteiger partial charge in [-0.15, -0.1) is 0 Å². The molecule has 1 aliphatic rings. The summed E-state index contributed by atoms with van der Waals surface area (Å²) in [7, 11) is 0. The summed E-state index contributed by atoms with van der Waals surface area (Å²) >= 11 is 0. The largest absolute Gasteiger partial charge is 0.378 e. The van der Waals surface area contributed by atoms with Crippen molar-refractivity contribution in [1.29, 1.82) is 5.26 Å². The molecule has 2 nitrogen and oxygen atoms in total. The average molecular weight is 262 g/mol. The molecule has 0 fully saturated rings. The van der Waals surface area contributed by atoms with Crippen LogP contribution in [-0.4, -0.2) is 0 Å². The zero-order valence-electron chi connectivity index (χ0n) is 11.5. The van der Waals surface area contributed by atoms with E-state index in [0.717, 1.165) is 12.1 Å². The summed E-state index contributed by atoms with van der Waals surface area (Å²) in [6, 6.07) is 19.0. The molecule has 1 unspecified atom stereocenters. The summed E-state index contributed by atoms with van der Waals surface area (Å²) in [4.78, 5) is 0. The molecule has 0 heterocycles. The quantitative estimate of drug-likeness (QED) is 0.812. The molecule has 3 rings (SSSR count). The lowest BCUT2D eigenvalue weighted by Crippen LogP contribution is -2.11. The molecule has 1 N–H and O–H groups in total. The Balaban J connectivity index is 1.88. The van der Waals surface area contributed by atoms with Gasteiger partial charge in [0, 0.05) is 5.69 Å². The Hall–Kier alpha value is -2.27. The molecule has 0 aliphatic heterocycles. The molecule has 1 aliphatic carbocycles. The fourth-order valence-electron chi connectivity index (χ4n) is 2.95. The fourth-order valence-corrected chi connectivity index (χ4v) is 2.95. The van der Waals surface area contributed by atoms with Crippen LogP contribution in [0.5, 0.6) is 0 Å². The standard InChI is InChI=1S/C18H18N2/c19-13-14-6-5-9-16(12-14)20-18-11-4-2-8-15-7-1-3-10-17(15)18/h1,3,5-7,9-10,12,18,20H,2,4,8,11H2. The summed E-state index contributed by atoms with van der Waals surface area (Å²) in [5, 5.41) is 12.6. The van der Waals surface area contributed by atoms with Crippen LogP contribution in [0.3, 0.4) is 0 Å². The minimum absolute atomic E-state index is 0.350. The lowest BCUT2D eigenvalue weighted by Gasteiger charge is -2.20. The third-order valence-electron chi connectivity index (χ3n) is 3.95. The van der Waals surface area contributed by atoms with Crippen LogP contribution >= 0.6 is 0 Å². The molecular weight excluding hydrogens is 244 g/mol. The van der Waals surface area contributed by atoms with Gasteiger partial charge >= 0.3 is 0 Å². The molecule has 0 aromatic heterocycles. The molecule has 0 amide bonds. The summed E-state index contributed by atoms with van der Waals surface area (Å²) < 4.78 is 0. The summed E-state index contributed by atoms with van der Waals surface area (Å²) in [6.45, 7) is 0. The minimum Gasteiger partial charge on any atom is -0.378 e. The molecule has 2 aromatic rings. The van der Waals surface area contributed by atoms with E-state index in [1.807, 2.05) is 24.3 Å². The van der Waals surface area contributed by atoms with Crippen molar-refractivity contribution in [2.45, 2.75) is 31.7 Å². The number of hydrogen-bond donors (Lipinski definition) is 1. The van der Waals surface area contributed by atoms with E-state index in [-0.39, 0.29) is 0 Å². The Morgan fingerprint density at radius 2 is 1.95 bits per heavy atom. The molecule has 100 valence electrons. The predicted molar refractivity (Wildman–Crippen MR) is 81.5 cm³/mol. The Morgan fingerprint density at radius 1 is 1.05 bits per heavy atom. The van der Waals surface area contributed by atoms with Gasteiger partial charge in [0.25, 0.3) is 0 Å². The molecule has 1 atom stereocenters. The third kappa shape index (κ3) is 2.67. The van der Waals surface area contributed by atoms with Crippen LogP contribution in [0.25, 0.3) is 0 Å². The number of rotatable bonds is 2. The SMILES string of the molecule is N#Cc1cccc(NC2CCCCc3ccccc32)c1. The highest BCUT2D eigenvalue weighted by molar-refractivity contribution is 5.51. The highest BCUT2D eigenvalue weighted by atomic mass is 14.9. The first-order chi connectivity index (χ1) is 9.86. The van der Waals surface area contributed by atoms with Crippen LogP contribution in [0.15, 0.2) is 48.5 Å². The van der Waals surface area contributed by atoms with Gasteiger partial charge in [-0.25, -0.2) is 0 Å². The fraction of sp³-hybridized carbons (Fsp3) is 0.278. The topological polar surface area (TPSA) is 35.8 Å². The van der Waals surface area contributed by atoms with E-state index < -0.39 is 0 Å². The number of nitriles is 1. The van der Waals surface area contributed by atoms with E-state index >= 15 is 0 Å². The molecule has 0 radical (unpaired) electrons. The van der Waals surface area contributed by atoms with Crippen LogP contribution in [0.2, 0.25) is 0 Å².